The van der Waals surface area contributed by atoms with Crippen LogP contribution < -0.4 is 11.5 Å². The standard InChI is InChI=1S/C13H15N5O3/c1-2-9(12(15)19)18-11(10(13(20)21)16-17-18)7-3-5-8(14)6-4-7/h3-6,9H,2,14H2,1H3,(H2,15,19)(H,20,21). The van der Waals surface area contributed by atoms with E-state index in [1.54, 1.807) is 31.2 Å². The third-order valence-corrected chi connectivity index (χ3v) is 3.09. The number of nitrogens with two attached hydrogens (primary N) is 2. The van der Waals surface area contributed by atoms with Crippen LogP contribution in [-0.4, -0.2) is 32.0 Å². The predicted molar refractivity (Wildman–Crippen MR) is 75.4 cm³/mol. The lowest BCUT2D eigenvalue weighted by Crippen LogP contribution is -2.27. The number of benzene rings is 1. The molecule has 8 nitrogen and oxygen atoms in total. The molecule has 1 heterocycles. The van der Waals surface area contributed by atoms with Gasteiger partial charge in [0.05, 0.1) is 0 Å². The number of aromatic nitrogens is 3. The number of amides is 1. The van der Waals surface area contributed by atoms with E-state index in [0.717, 1.165) is 0 Å². The van der Waals surface area contributed by atoms with Crippen LogP contribution in [0.15, 0.2) is 24.3 Å². The Labute approximate surface area is 120 Å². The number of aromatic carboxylic acids is 1. The number of primary amides is 1. The summed E-state index contributed by atoms with van der Waals surface area (Å²) in [4.78, 5) is 22.8. The highest BCUT2D eigenvalue weighted by Crippen LogP contribution is 2.27. The van der Waals surface area contributed by atoms with E-state index in [1.807, 2.05) is 0 Å². The molecular weight excluding hydrogens is 274 g/mol. The number of carbonyl (C=O) groups is 2. The van der Waals surface area contributed by atoms with Gasteiger partial charge in [0.25, 0.3) is 0 Å². The minimum absolute atomic E-state index is 0.230. The highest BCUT2D eigenvalue weighted by atomic mass is 16.4. The lowest BCUT2D eigenvalue weighted by molar-refractivity contribution is -0.121. The monoisotopic (exact) mass is 289 g/mol. The van der Waals surface area contributed by atoms with Crippen LogP contribution in [0.25, 0.3) is 11.3 Å². The van der Waals surface area contributed by atoms with Gasteiger partial charge in [-0.3, -0.25) is 4.79 Å². The molecule has 8 heteroatoms. The van der Waals surface area contributed by atoms with Crippen LogP contribution in [-0.2, 0) is 4.79 Å². The van der Waals surface area contributed by atoms with E-state index in [1.165, 1.54) is 4.68 Å². The second-order valence-corrected chi connectivity index (χ2v) is 4.48. The lowest BCUT2D eigenvalue weighted by Gasteiger charge is -2.14. The molecule has 0 aliphatic rings. The smallest absolute Gasteiger partial charge is 0.358 e. The summed E-state index contributed by atoms with van der Waals surface area (Å²) in [7, 11) is 0. The molecule has 1 amide bonds. The van der Waals surface area contributed by atoms with Gasteiger partial charge >= 0.3 is 5.97 Å². The highest BCUT2D eigenvalue weighted by Gasteiger charge is 2.26. The van der Waals surface area contributed by atoms with Gasteiger partial charge in [-0.05, 0) is 18.6 Å². The number of anilines is 1. The van der Waals surface area contributed by atoms with Gasteiger partial charge in [-0.15, -0.1) is 5.10 Å². The fourth-order valence-electron chi connectivity index (χ4n) is 2.06. The number of nitrogen functional groups attached to an aromatic ring is 1. The van der Waals surface area contributed by atoms with Crippen molar-refractivity contribution in [2.45, 2.75) is 19.4 Å². The third-order valence-electron chi connectivity index (χ3n) is 3.09. The maximum atomic E-state index is 11.5. The topological polar surface area (TPSA) is 137 Å². The Hall–Kier alpha value is -2.90. The summed E-state index contributed by atoms with van der Waals surface area (Å²) < 4.78 is 1.25. The average molecular weight is 289 g/mol. The Bertz CT molecular complexity index is 678. The van der Waals surface area contributed by atoms with E-state index in [-0.39, 0.29) is 11.4 Å². The van der Waals surface area contributed by atoms with E-state index in [2.05, 4.69) is 10.3 Å². The van der Waals surface area contributed by atoms with Crippen LogP contribution in [0.2, 0.25) is 0 Å². The van der Waals surface area contributed by atoms with Crippen molar-refractivity contribution in [3.63, 3.8) is 0 Å². The number of hydrogen-bond acceptors (Lipinski definition) is 5. The molecule has 5 N–H and O–H groups in total. The molecule has 1 atom stereocenters. The summed E-state index contributed by atoms with van der Waals surface area (Å²) >= 11 is 0. The minimum Gasteiger partial charge on any atom is -0.476 e. The Balaban J connectivity index is 2.65. The van der Waals surface area contributed by atoms with E-state index in [9.17, 15) is 14.7 Å². The molecule has 0 saturated heterocycles. The lowest BCUT2D eigenvalue weighted by atomic mass is 10.1. The first kappa shape index (κ1) is 14.5. The Morgan fingerprint density at radius 3 is 2.43 bits per heavy atom. The van der Waals surface area contributed by atoms with Gasteiger partial charge in [-0.25, -0.2) is 9.48 Å². The van der Waals surface area contributed by atoms with E-state index >= 15 is 0 Å². The quantitative estimate of drug-likeness (QED) is 0.691. The summed E-state index contributed by atoms with van der Waals surface area (Å²) in [6.45, 7) is 1.75. The van der Waals surface area contributed by atoms with Crippen molar-refractivity contribution in [3.05, 3.63) is 30.0 Å². The second-order valence-electron chi connectivity index (χ2n) is 4.48. The molecule has 0 spiro atoms. The minimum atomic E-state index is -1.23. The number of carboxylic acids is 1. The van der Waals surface area contributed by atoms with Crippen molar-refractivity contribution >= 4 is 17.6 Å². The predicted octanol–water partition coefficient (Wildman–Crippen LogP) is 0.662. The third kappa shape index (κ3) is 2.69. The zero-order valence-corrected chi connectivity index (χ0v) is 11.4. The first-order valence-corrected chi connectivity index (χ1v) is 6.29. The van der Waals surface area contributed by atoms with Crippen LogP contribution in [0.5, 0.6) is 0 Å². The van der Waals surface area contributed by atoms with Crippen LogP contribution in [0, 0.1) is 0 Å². The van der Waals surface area contributed by atoms with Gasteiger partial charge in [0.1, 0.15) is 11.7 Å². The Morgan fingerprint density at radius 2 is 1.95 bits per heavy atom. The molecule has 0 bridgehead atoms. The highest BCUT2D eigenvalue weighted by molar-refractivity contribution is 5.93. The van der Waals surface area contributed by atoms with Crippen molar-refractivity contribution in [2.24, 2.45) is 5.73 Å². The first-order chi connectivity index (χ1) is 9.95. The van der Waals surface area contributed by atoms with Crippen LogP contribution in [0.4, 0.5) is 5.69 Å². The van der Waals surface area contributed by atoms with Crippen molar-refractivity contribution in [3.8, 4) is 11.3 Å². The molecule has 2 rings (SSSR count). The summed E-state index contributed by atoms with van der Waals surface area (Å²) in [5.74, 6) is -1.83. The number of rotatable bonds is 5. The molecular formula is C13H15N5O3. The molecule has 1 unspecified atom stereocenters. The average Bonchev–Trinajstić information content (AvgIpc) is 2.85. The van der Waals surface area contributed by atoms with Gasteiger partial charge in [0.2, 0.25) is 5.91 Å². The Morgan fingerprint density at radius 1 is 1.33 bits per heavy atom. The van der Waals surface area contributed by atoms with Gasteiger partial charge in [0, 0.05) is 11.3 Å². The van der Waals surface area contributed by atoms with Crippen molar-refractivity contribution in [1.82, 2.24) is 15.0 Å². The molecule has 0 fully saturated rings. The maximum Gasteiger partial charge on any atom is 0.358 e. The van der Waals surface area contributed by atoms with Crippen molar-refractivity contribution in [2.75, 3.05) is 5.73 Å². The SMILES string of the molecule is CCC(C(N)=O)n1nnc(C(=O)O)c1-c1ccc(N)cc1. The largest absolute Gasteiger partial charge is 0.476 e. The van der Waals surface area contributed by atoms with Crippen molar-refractivity contribution in [1.29, 1.82) is 0 Å². The van der Waals surface area contributed by atoms with E-state index < -0.39 is 17.9 Å². The molecule has 110 valence electrons. The molecule has 0 saturated carbocycles. The molecule has 1 aromatic heterocycles. The summed E-state index contributed by atoms with van der Waals surface area (Å²) in [6, 6.07) is 5.78. The Kier molecular flexibility index (Phi) is 3.88. The van der Waals surface area contributed by atoms with Gasteiger partial charge in [-0.2, -0.15) is 0 Å². The van der Waals surface area contributed by atoms with E-state index in [4.69, 9.17) is 11.5 Å². The van der Waals surface area contributed by atoms with Crippen LogP contribution in [0.1, 0.15) is 29.9 Å². The van der Waals surface area contributed by atoms with Crippen LogP contribution >= 0.6 is 0 Å². The zero-order valence-electron chi connectivity index (χ0n) is 11.4. The zero-order chi connectivity index (χ0) is 15.6. The maximum absolute atomic E-state index is 11.5. The first-order valence-electron chi connectivity index (χ1n) is 6.29. The van der Waals surface area contributed by atoms with E-state index in [0.29, 0.717) is 17.7 Å². The van der Waals surface area contributed by atoms with Gasteiger partial charge in [-0.1, -0.05) is 24.3 Å². The fourth-order valence-corrected chi connectivity index (χ4v) is 2.06. The summed E-state index contributed by atoms with van der Waals surface area (Å²) in [5.41, 5.74) is 12.0. The molecule has 0 aliphatic heterocycles. The van der Waals surface area contributed by atoms with Gasteiger partial charge < -0.3 is 16.6 Å². The molecule has 0 aliphatic carbocycles. The molecule has 1 aromatic carbocycles. The second kappa shape index (κ2) is 5.61. The van der Waals surface area contributed by atoms with Crippen LogP contribution in [0.3, 0.4) is 0 Å². The number of hydrogen-bond donors (Lipinski definition) is 3. The summed E-state index contributed by atoms with van der Waals surface area (Å²) in [6.07, 6.45) is 0.375. The molecule has 2 aromatic rings. The number of nitrogens with zero attached hydrogens (tertiary/aromatic N) is 3. The molecule has 21 heavy (non-hydrogen) atoms. The normalized spacial score (nSPS) is 12.0. The van der Waals surface area contributed by atoms with Gasteiger partial charge in [0.15, 0.2) is 5.69 Å². The summed E-state index contributed by atoms with van der Waals surface area (Å²) in [5, 5.41) is 16.7. The number of carboxylic acid groups (broad SMARTS) is 1. The fraction of sp³-hybridized carbons (Fsp3) is 0.231. The molecule has 0 radical (unpaired) electrons. The number of carbonyl (C=O) groups excluding carboxylic acids is 1. The van der Waals surface area contributed by atoms with Crippen molar-refractivity contribution < 1.29 is 14.7 Å².